The summed E-state index contributed by atoms with van der Waals surface area (Å²) in [6.45, 7) is 39.3. The molecule has 0 saturated carbocycles. The summed E-state index contributed by atoms with van der Waals surface area (Å²) in [5.41, 5.74) is 3.47. The number of anilines is 1. The van der Waals surface area contributed by atoms with E-state index in [2.05, 4.69) is 131 Å². The molecule has 2 aromatic heterocycles. The molecule has 34 heteroatoms. The lowest BCUT2D eigenvalue weighted by atomic mass is 9.96. The van der Waals surface area contributed by atoms with Gasteiger partial charge in [0.15, 0.2) is 17.7 Å². The normalized spacial score (nSPS) is 22.7. The molecule has 8 unspecified atom stereocenters. The number of phosphoric acid groups is 3. The number of ether oxygens (including phenoxy) is 3. The van der Waals surface area contributed by atoms with Crippen molar-refractivity contribution in [2.75, 3.05) is 90.9 Å². The summed E-state index contributed by atoms with van der Waals surface area (Å²) < 4.78 is 65.4. The van der Waals surface area contributed by atoms with Gasteiger partial charge in [0.05, 0.1) is 34.9 Å². The molecule has 1 spiro atoms. The maximum Gasteiger partial charge on any atom is 0.490 e. The zero-order valence-corrected chi connectivity index (χ0v) is 46.8. The molecule has 426 valence electrons. The zero-order chi connectivity index (χ0) is 56.8. The van der Waals surface area contributed by atoms with E-state index < -0.39 is 92.6 Å². The molecular weight excluding hydrogens is 1050 g/mol. The van der Waals surface area contributed by atoms with Gasteiger partial charge in [0.2, 0.25) is 0 Å². The maximum absolute atomic E-state index is 12.4. The number of imidazole rings is 1. The van der Waals surface area contributed by atoms with Crippen molar-refractivity contribution in [1.29, 1.82) is 0 Å². The molecule has 2 aliphatic heterocycles. The van der Waals surface area contributed by atoms with Crippen molar-refractivity contribution in [1.82, 2.24) is 39.1 Å². The van der Waals surface area contributed by atoms with Gasteiger partial charge in [-0.15, -0.1) is 0 Å². The Labute approximate surface area is 430 Å². The minimum atomic E-state index is -5.94. The van der Waals surface area contributed by atoms with Crippen molar-refractivity contribution >= 4 is 40.4 Å². The van der Waals surface area contributed by atoms with Gasteiger partial charge in [0.1, 0.15) is 30.2 Å². The fourth-order valence-corrected chi connectivity index (χ4v) is 10.5. The van der Waals surface area contributed by atoms with E-state index in [1.54, 1.807) is 0 Å². The average molecular weight is 1120 g/mol. The van der Waals surface area contributed by atoms with Crippen molar-refractivity contribution in [3.05, 3.63) is 66.5 Å². The fourth-order valence-electron chi connectivity index (χ4n) is 7.44. The quantitative estimate of drug-likeness (QED) is 0.0580. The van der Waals surface area contributed by atoms with Crippen LogP contribution in [0.4, 0.5) is 5.82 Å². The van der Waals surface area contributed by atoms with Crippen molar-refractivity contribution in [2.24, 2.45) is 0 Å². The second-order valence-corrected chi connectivity index (χ2v) is 20.1. The molecule has 2 saturated heterocycles. The summed E-state index contributed by atoms with van der Waals surface area (Å²) in [5, 5.41) is 35.6. The molecule has 31 nitrogen and oxygen atoms in total. The molecular formula is C40H77N12O19P3. The number of rotatable bonds is 23. The minimum absolute atomic E-state index is 0.0123. The molecule has 1 aliphatic carbocycles. The van der Waals surface area contributed by atoms with Gasteiger partial charge in [0.25, 0.3) is 5.70 Å². The van der Waals surface area contributed by atoms with Gasteiger partial charge < -0.3 is 59.1 Å². The van der Waals surface area contributed by atoms with Crippen molar-refractivity contribution in [3.8, 4) is 0 Å². The summed E-state index contributed by atoms with van der Waals surface area (Å²) in [4.78, 5) is 90.1. The Balaban J connectivity index is 0.000000793. The Morgan fingerprint density at radius 3 is 1.50 bits per heavy atom. The van der Waals surface area contributed by atoms with Crippen LogP contribution in [0.3, 0.4) is 0 Å². The predicted octanol–water partition coefficient (Wildman–Crippen LogP) is 4.50. The van der Waals surface area contributed by atoms with Crippen LogP contribution in [0, 0.1) is 30.3 Å². The standard InChI is InChI=1S/C16H17N8O19P3.4C6H15N/c17-13-10-14(19-4-18-13)21(5-20-10)15-12-11(7(39-15)3-38-45(34,35)43-46(36,37)42-44(31,32)33)40-16(41-12)8(23(27)28)1-6(22(25)26)2-9(16)24(29)30;4*1-4-7(5-2)6-3/h1-2,4-5,7-8,11-12,15H,3H2,(H,34,35)(H,36,37)(H2,17,18,19)(H2,31,32,33);4*4-6H2,1-3H3. The predicted molar refractivity (Wildman–Crippen MR) is 271 cm³/mol. The number of aromatic nitrogens is 4. The first-order valence-electron chi connectivity index (χ1n) is 24.1. The van der Waals surface area contributed by atoms with Crippen LogP contribution in [0.15, 0.2) is 36.2 Å². The number of phosphoric ester groups is 1. The lowest BCUT2D eigenvalue weighted by Crippen LogP contribution is -2.53. The first kappa shape index (κ1) is 68.2. The maximum atomic E-state index is 12.4. The van der Waals surface area contributed by atoms with Gasteiger partial charge in [0, 0.05) is 4.92 Å². The van der Waals surface area contributed by atoms with Gasteiger partial charge in [-0.05, 0) is 78.5 Å². The highest BCUT2D eigenvalue weighted by Crippen LogP contribution is 2.66. The molecule has 4 heterocycles. The number of nitrogens with zero attached hydrogens (tertiary/aromatic N) is 11. The van der Waals surface area contributed by atoms with Crippen LogP contribution < -0.4 is 5.73 Å². The number of allylic oxidation sites excluding steroid dienone is 1. The molecule has 0 amide bonds. The van der Waals surface area contributed by atoms with Crippen LogP contribution in [0.2, 0.25) is 0 Å². The molecule has 2 fully saturated rings. The zero-order valence-electron chi connectivity index (χ0n) is 44.1. The Morgan fingerprint density at radius 2 is 1.12 bits per heavy atom. The SMILES string of the molecule is CCN(CC)CC.CCN(CC)CC.CCN(CC)CC.CCN(CC)CC.Nc1ncnc2c1ncn2C1OC(COP(=O)(O)OP(=O)(O)OP(=O)(O)O)C2OC3(OC21)C([N+](=O)[O-])=CC([N+](=O)[O-])=CC3[N+](=O)[O-]. The van der Waals surface area contributed by atoms with E-state index in [0.29, 0.717) is 12.2 Å². The van der Waals surface area contributed by atoms with Gasteiger partial charge in [-0.2, -0.15) is 8.62 Å². The number of fused-ring (bicyclic) bond motifs is 2. The largest absolute Gasteiger partial charge is 0.490 e. The molecule has 8 atom stereocenters. The number of nitrogens with two attached hydrogens (primary N) is 1. The summed E-state index contributed by atoms with van der Waals surface area (Å²) in [7, 11) is -17.4. The summed E-state index contributed by atoms with van der Waals surface area (Å²) in [6.07, 6.45) is -3.73. The molecule has 6 N–H and O–H groups in total. The highest BCUT2D eigenvalue weighted by molar-refractivity contribution is 7.66. The second kappa shape index (κ2) is 32.0. The van der Waals surface area contributed by atoms with Crippen molar-refractivity contribution < 1.29 is 75.4 Å². The molecule has 5 rings (SSSR count). The number of nitro groups is 3. The van der Waals surface area contributed by atoms with Crippen LogP contribution in [0.5, 0.6) is 0 Å². The fraction of sp³-hybridized carbons (Fsp3) is 0.775. The Bertz CT molecular complexity index is 2210. The summed E-state index contributed by atoms with van der Waals surface area (Å²) >= 11 is 0. The highest BCUT2D eigenvalue weighted by Gasteiger charge is 2.72. The topological polar surface area (TPSA) is 400 Å². The molecule has 2 aromatic rings. The van der Waals surface area contributed by atoms with Crippen LogP contribution >= 0.6 is 23.5 Å². The summed E-state index contributed by atoms with van der Waals surface area (Å²) in [6, 6.07) is -2.42. The van der Waals surface area contributed by atoms with Crippen LogP contribution in [0.25, 0.3) is 11.2 Å². The summed E-state index contributed by atoms with van der Waals surface area (Å²) in [5.74, 6) is -3.08. The Kier molecular flexibility index (Phi) is 29.5. The first-order chi connectivity index (χ1) is 34.6. The number of hydrogen-bond acceptors (Lipinski definition) is 23. The lowest BCUT2D eigenvalue weighted by Gasteiger charge is -2.30. The van der Waals surface area contributed by atoms with Gasteiger partial charge in [-0.3, -0.25) is 39.4 Å². The van der Waals surface area contributed by atoms with Crippen LogP contribution in [-0.4, -0.2) is 189 Å². The smallest absolute Gasteiger partial charge is 0.382 e. The third kappa shape index (κ3) is 20.3. The van der Waals surface area contributed by atoms with E-state index in [1.807, 2.05) is 0 Å². The van der Waals surface area contributed by atoms with E-state index in [4.69, 9.17) is 29.7 Å². The van der Waals surface area contributed by atoms with E-state index >= 15 is 0 Å². The Morgan fingerprint density at radius 1 is 0.676 bits per heavy atom. The monoisotopic (exact) mass is 1120 g/mol. The van der Waals surface area contributed by atoms with Crippen LogP contribution in [-0.2, 0) is 41.1 Å². The third-order valence-electron chi connectivity index (χ3n) is 11.7. The van der Waals surface area contributed by atoms with Gasteiger partial charge in [-0.25, -0.2) is 28.6 Å². The number of hydrogen-bond donors (Lipinski definition) is 5. The third-order valence-corrected chi connectivity index (χ3v) is 15.6. The Hall–Kier alpha value is -3.84. The molecule has 0 aromatic carbocycles. The molecule has 74 heavy (non-hydrogen) atoms. The number of nitrogen functional groups attached to an aromatic ring is 1. The van der Waals surface area contributed by atoms with Crippen molar-refractivity contribution in [3.63, 3.8) is 0 Å². The van der Waals surface area contributed by atoms with Crippen LogP contribution in [0.1, 0.15) is 89.3 Å². The molecule has 0 bridgehead atoms. The van der Waals surface area contributed by atoms with Crippen molar-refractivity contribution in [2.45, 2.75) is 119 Å². The van der Waals surface area contributed by atoms with Gasteiger partial charge in [-0.1, -0.05) is 83.1 Å². The van der Waals surface area contributed by atoms with E-state index in [1.165, 1.54) is 78.5 Å². The lowest BCUT2D eigenvalue weighted by molar-refractivity contribution is -0.569. The minimum Gasteiger partial charge on any atom is -0.382 e. The van der Waals surface area contributed by atoms with E-state index in [-0.39, 0.29) is 17.0 Å². The average Bonchev–Trinajstić information content (AvgIpc) is 4.03. The molecule has 3 aliphatic rings. The molecule has 0 radical (unpaired) electrons. The first-order valence-corrected chi connectivity index (χ1v) is 28.6. The van der Waals surface area contributed by atoms with E-state index in [9.17, 15) is 53.8 Å². The van der Waals surface area contributed by atoms with Gasteiger partial charge >= 0.3 is 41.0 Å². The highest BCUT2D eigenvalue weighted by atomic mass is 31.3. The van der Waals surface area contributed by atoms with E-state index in [0.717, 1.165) is 17.2 Å². The second-order valence-electron chi connectivity index (χ2n) is 15.7.